The van der Waals surface area contributed by atoms with Gasteiger partial charge in [-0.1, -0.05) is 12.8 Å². The zero-order valence-corrected chi connectivity index (χ0v) is 10.7. The molecule has 0 aromatic rings. The molecule has 2 rings (SSSR count). The highest BCUT2D eigenvalue weighted by atomic mass is 32.2. The second-order valence-corrected chi connectivity index (χ2v) is 5.98. The molecule has 0 aromatic carbocycles. The number of fused-ring (bicyclic) bond motifs is 1. The Bertz CT molecular complexity index is 294. The molecule has 4 nitrogen and oxygen atoms in total. The minimum Gasteiger partial charge on any atom is -0.481 e. The Morgan fingerprint density at radius 2 is 1.71 bits per heavy atom. The number of aliphatic carboxylic acids is 1. The molecule has 17 heavy (non-hydrogen) atoms. The zero-order chi connectivity index (χ0) is 12.3. The van der Waals surface area contributed by atoms with Crippen LogP contribution in [0.15, 0.2) is 0 Å². The van der Waals surface area contributed by atoms with Gasteiger partial charge in [-0.3, -0.25) is 9.59 Å². The second-order valence-electron chi connectivity index (χ2n) is 4.99. The summed E-state index contributed by atoms with van der Waals surface area (Å²) >= 11 is 1.20. The van der Waals surface area contributed by atoms with E-state index in [9.17, 15) is 9.59 Å². The lowest BCUT2D eigenvalue weighted by Gasteiger charge is -2.22. The number of carboxylic acid groups (broad SMARTS) is 1. The van der Waals surface area contributed by atoms with Crippen molar-refractivity contribution in [1.82, 2.24) is 4.90 Å². The normalized spacial score (nSPS) is 27.9. The summed E-state index contributed by atoms with van der Waals surface area (Å²) < 4.78 is 0. The van der Waals surface area contributed by atoms with Gasteiger partial charge in [-0.15, -0.1) is 11.8 Å². The molecule has 0 aromatic heterocycles. The largest absolute Gasteiger partial charge is 0.481 e. The van der Waals surface area contributed by atoms with Crippen molar-refractivity contribution in [3.8, 4) is 0 Å². The summed E-state index contributed by atoms with van der Waals surface area (Å²) in [6.45, 7) is 1.80. The molecular formula is C12H19NO3S. The summed E-state index contributed by atoms with van der Waals surface area (Å²) in [5.41, 5.74) is 0. The van der Waals surface area contributed by atoms with Gasteiger partial charge in [0.1, 0.15) is 0 Å². The summed E-state index contributed by atoms with van der Waals surface area (Å²) in [6.07, 6.45) is 5.13. The first-order valence-electron chi connectivity index (χ1n) is 6.24. The SMILES string of the molecule is O=C(O)CSCC(=O)N1CC2CCCCC2C1. The van der Waals surface area contributed by atoms with Crippen LogP contribution in [0.25, 0.3) is 0 Å². The molecule has 1 aliphatic heterocycles. The number of carbonyl (C=O) groups excluding carboxylic acids is 1. The van der Waals surface area contributed by atoms with Crippen LogP contribution in [0, 0.1) is 11.8 Å². The van der Waals surface area contributed by atoms with Gasteiger partial charge in [0, 0.05) is 13.1 Å². The van der Waals surface area contributed by atoms with Crippen molar-refractivity contribution in [3.63, 3.8) is 0 Å². The highest BCUT2D eigenvalue weighted by molar-refractivity contribution is 8.00. The number of amides is 1. The predicted molar refractivity (Wildman–Crippen MR) is 67.0 cm³/mol. The quantitative estimate of drug-likeness (QED) is 0.828. The average Bonchev–Trinajstić information content (AvgIpc) is 2.71. The molecule has 5 heteroatoms. The van der Waals surface area contributed by atoms with Crippen LogP contribution in [0.1, 0.15) is 25.7 Å². The van der Waals surface area contributed by atoms with E-state index >= 15 is 0 Å². The van der Waals surface area contributed by atoms with E-state index in [1.54, 1.807) is 0 Å². The Balaban J connectivity index is 1.75. The van der Waals surface area contributed by atoms with E-state index in [-0.39, 0.29) is 11.7 Å². The van der Waals surface area contributed by atoms with Crippen LogP contribution in [0.5, 0.6) is 0 Å². The van der Waals surface area contributed by atoms with Crippen molar-refractivity contribution in [1.29, 1.82) is 0 Å². The molecule has 1 saturated heterocycles. The van der Waals surface area contributed by atoms with Gasteiger partial charge in [0.25, 0.3) is 0 Å². The third-order valence-corrected chi connectivity index (χ3v) is 4.68. The average molecular weight is 257 g/mol. The summed E-state index contributed by atoms with van der Waals surface area (Å²) in [6, 6.07) is 0. The molecular weight excluding hydrogens is 238 g/mol. The molecule has 1 saturated carbocycles. The zero-order valence-electron chi connectivity index (χ0n) is 9.93. The Hall–Kier alpha value is -0.710. The van der Waals surface area contributed by atoms with Gasteiger partial charge in [-0.05, 0) is 24.7 Å². The van der Waals surface area contributed by atoms with Crippen molar-refractivity contribution in [2.24, 2.45) is 11.8 Å². The van der Waals surface area contributed by atoms with Crippen molar-refractivity contribution in [2.45, 2.75) is 25.7 Å². The van der Waals surface area contributed by atoms with Gasteiger partial charge in [-0.2, -0.15) is 0 Å². The molecule has 1 amide bonds. The van der Waals surface area contributed by atoms with Crippen LogP contribution in [0.3, 0.4) is 0 Å². The monoisotopic (exact) mass is 257 g/mol. The fraction of sp³-hybridized carbons (Fsp3) is 0.833. The lowest BCUT2D eigenvalue weighted by Crippen LogP contribution is -2.30. The fourth-order valence-corrected chi connectivity index (χ4v) is 3.56. The van der Waals surface area contributed by atoms with E-state index in [2.05, 4.69) is 0 Å². The number of hydrogen-bond acceptors (Lipinski definition) is 3. The van der Waals surface area contributed by atoms with E-state index in [4.69, 9.17) is 5.11 Å². The Morgan fingerprint density at radius 3 is 2.24 bits per heavy atom. The Morgan fingerprint density at radius 1 is 1.12 bits per heavy atom. The number of rotatable bonds is 4. The van der Waals surface area contributed by atoms with Gasteiger partial charge < -0.3 is 10.0 Å². The van der Waals surface area contributed by atoms with Crippen LogP contribution in [0.2, 0.25) is 0 Å². The molecule has 0 spiro atoms. The molecule has 2 unspecified atom stereocenters. The van der Waals surface area contributed by atoms with Gasteiger partial charge in [0.2, 0.25) is 5.91 Å². The van der Waals surface area contributed by atoms with E-state index in [0.717, 1.165) is 13.1 Å². The van der Waals surface area contributed by atoms with Crippen LogP contribution in [0.4, 0.5) is 0 Å². The van der Waals surface area contributed by atoms with Gasteiger partial charge in [0.15, 0.2) is 0 Å². The summed E-state index contributed by atoms with van der Waals surface area (Å²) in [5.74, 6) is 1.01. The van der Waals surface area contributed by atoms with Crippen molar-refractivity contribution in [2.75, 3.05) is 24.6 Å². The van der Waals surface area contributed by atoms with Crippen LogP contribution >= 0.6 is 11.8 Å². The van der Waals surface area contributed by atoms with Gasteiger partial charge in [0.05, 0.1) is 11.5 Å². The van der Waals surface area contributed by atoms with Crippen molar-refractivity contribution in [3.05, 3.63) is 0 Å². The smallest absolute Gasteiger partial charge is 0.313 e. The summed E-state index contributed by atoms with van der Waals surface area (Å²) in [7, 11) is 0. The van der Waals surface area contributed by atoms with E-state index in [0.29, 0.717) is 17.6 Å². The lowest BCUT2D eigenvalue weighted by molar-refractivity contribution is -0.133. The van der Waals surface area contributed by atoms with Crippen LogP contribution in [-0.4, -0.2) is 46.5 Å². The third-order valence-electron chi connectivity index (χ3n) is 3.78. The molecule has 2 fully saturated rings. The van der Waals surface area contributed by atoms with E-state index in [1.165, 1.54) is 37.4 Å². The summed E-state index contributed by atoms with van der Waals surface area (Å²) in [5, 5.41) is 8.51. The Kier molecular flexibility index (Phi) is 4.31. The third kappa shape index (κ3) is 3.37. The number of carboxylic acids is 1. The van der Waals surface area contributed by atoms with Crippen molar-refractivity contribution >= 4 is 23.6 Å². The number of likely N-dealkylation sites (tertiary alicyclic amines) is 1. The minimum atomic E-state index is -0.849. The molecule has 2 atom stereocenters. The fourth-order valence-electron chi connectivity index (χ4n) is 2.93. The second kappa shape index (κ2) is 5.76. The maximum atomic E-state index is 11.9. The summed E-state index contributed by atoms with van der Waals surface area (Å²) in [4.78, 5) is 24.2. The maximum Gasteiger partial charge on any atom is 0.313 e. The van der Waals surface area contributed by atoms with Gasteiger partial charge in [-0.25, -0.2) is 0 Å². The van der Waals surface area contributed by atoms with E-state index < -0.39 is 5.97 Å². The minimum absolute atomic E-state index is 0.0203. The topological polar surface area (TPSA) is 57.6 Å². The van der Waals surface area contributed by atoms with Crippen LogP contribution < -0.4 is 0 Å². The first-order chi connectivity index (χ1) is 8.16. The van der Waals surface area contributed by atoms with Crippen LogP contribution in [-0.2, 0) is 9.59 Å². The molecule has 0 bridgehead atoms. The number of thioether (sulfide) groups is 1. The lowest BCUT2D eigenvalue weighted by atomic mass is 9.82. The number of carbonyl (C=O) groups is 2. The predicted octanol–water partition coefficient (Wildman–Crippen LogP) is 1.45. The molecule has 1 heterocycles. The first kappa shape index (κ1) is 12.7. The standard InChI is InChI=1S/C12H19NO3S/c14-11(7-17-8-12(15)16)13-5-9-3-1-2-4-10(9)6-13/h9-10H,1-8H2,(H,15,16). The molecule has 96 valence electrons. The van der Waals surface area contributed by atoms with Crippen molar-refractivity contribution < 1.29 is 14.7 Å². The molecule has 1 N–H and O–H groups in total. The van der Waals surface area contributed by atoms with Gasteiger partial charge >= 0.3 is 5.97 Å². The maximum absolute atomic E-state index is 11.9. The molecule has 0 radical (unpaired) electrons. The highest BCUT2D eigenvalue weighted by Crippen LogP contribution is 2.36. The van der Waals surface area contributed by atoms with E-state index in [1.807, 2.05) is 4.90 Å². The molecule has 2 aliphatic rings. The first-order valence-corrected chi connectivity index (χ1v) is 7.39. The highest BCUT2D eigenvalue weighted by Gasteiger charge is 2.36. The Labute approximate surface area is 106 Å². The molecule has 1 aliphatic carbocycles. The number of hydrogen-bond donors (Lipinski definition) is 1. The number of nitrogens with zero attached hydrogens (tertiary/aromatic N) is 1.